The number of carbonyl (C=O) groups excluding carboxylic acids is 1. The molecule has 122 valence electrons. The van der Waals surface area contributed by atoms with Crippen LogP contribution in [0, 0.1) is 0 Å². The number of anilines is 1. The topological polar surface area (TPSA) is 102 Å². The van der Waals surface area contributed by atoms with E-state index in [1.54, 1.807) is 16.9 Å². The van der Waals surface area contributed by atoms with Crippen LogP contribution in [0.1, 0.15) is 16.1 Å². The standard InChI is InChI=1S/C16H15N5O3/c22-15(11-21-14(16(23)24)5-7-18-21)19-13-4-1-3-12(9-13)10-20-8-2-6-17-20/h1-9H,10-11H2,(H,19,22)(H,23,24). The predicted octanol–water partition coefficient (Wildman–Crippen LogP) is 1.46. The highest BCUT2D eigenvalue weighted by molar-refractivity contribution is 5.92. The van der Waals surface area contributed by atoms with Crippen LogP contribution in [0.25, 0.3) is 0 Å². The van der Waals surface area contributed by atoms with Crippen molar-refractivity contribution >= 4 is 17.6 Å². The van der Waals surface area contributed by atoms with Gasteiger partial charge >= 0.3 is 5.97 Å². The van der Waals surface area contributed by atoms with Gasteiger partial charge in [0.05, 0.1) is 6.54 Å². The fraction of sp³-hybridized carbons (Fsp3) is 0.125. The van der Waals surface area contributed by atoms with E-state index in [0.717, 1.165) is 10.2 Å². The molecule has 2 heterocycles. The minimum atomic E-state index is -1.12. The number of benzene rings is 1. The fourth-order valence-electron chi connectivity index (χ4n) is 2.31. The van der Waals surface area contributed by atoms with Crippen LogP contribution in [0.15, 0.2) is 55.0 Å². The van der Waals surface area contributed by atoms with Crippen LogP contribution >= 0.6 is 0 Å². The lowest BCUT2D eigenvalue weighted by atomic mass is 10.2. The molecule has 0 aliphatic rings. The molecule has 0 bridgehead atoms. The van der Waals surface area contributed by atoms with Crippen molar-refractivity contribution in [2.24, 2.45) is 0 Å². The van der Waals surface area contributed by atoms with Gasteiger partial charge in [0.2, 0.25) is 5.91 Å². The van der Waals surface area contributed by atoms with Crippen LogP contribution in [-0.2, 0) is 17.9 Å². The molecular weight excluding hydrogens is 310 g/mol. The summed E-state index contributed by atoms with van der Waals surface area (Å²) in [5.41, 5.74) is 1.59. The van der Waals surface area contributed by atoms with Crippen LogP contribution in [0.5, 0.6) is 0 Å². The first-order valence-electron chi connectivity index (χ1n) is 7.23. The Hall–Kier alpha value is -3.42. The molecular formula is C16H15N5O3. The predicted molar refractivity (Wildman–Crippen MR) is 85.6 cm³/mol. The van der Waals surface area contributed by atoms with Crippen molar-refractivity contribution < 1.29 is 14.7 Å². The minimum absolute atomic E-state index is 0.0300. The molecule has 2 N–H and O–H groups in total. The van der Waals surface area contributed by atoms with Crippen molar-refractivity contribution in [1.82, 2.24) is 19.6 Å². The zero-order chi connectivity index (χ0) is 16.9. The third kappa shape index (κ3) is 3.67. The van der Waals surface area contributed by atoms with Crippen LogP contribution in [0.4, 0.5) is 5.69 Å². The first-order valence-corrected chi connectivity index (χ1v) is 7.23. The highest BCUT2D eigenvalue weighted by Crippen LogP contribution is 2.12. The van der Waals surface area contributed by atoms with E-state index in [-0.39, 0.29) is 18.1 Å². The van der Waals surface area contributed by atoms with Crippen LogP contribution in [-0.4, -0.2) is 36.5 Å². The summed E-state index contributed by atoms with van der Waals surface area (Å²) >= 11 is 0. The van der Waals surface area contributed by atoms with Gasteiger partial charge < -0.3 is 10.4 Å². The number of amides is 1. The lowest BCUT2D eigenvalue weighted by Gasteiger charge is -2.09. The van der Waals surface area contributed by atoms with Crippen molar-refractivity contribution in [3.63, 3.8) is 0 Å². The lowest BCUT2D eigenvalue weighted by Crippen LogP contribution is -2.22. The quantitative estimate of drug-likeness (QED) is 0.714. The maximum Gasteiger partial charge on any atom is 0.354 e. The molecule has 3 aromatic rings. The summed E-state index contributed by atoms with van der Waals surface area (Å²) in [5, 5.41) is 19.7. The molecule has 0 spiro atoms. The van der Waals surface area contributed by atoms with Gasteiger partial charge in [-0.05, 0) is 29.8 Å². The minimum Gasteiger partial charge on any atom is -0.477 e. The van der Waals surface area contributed by atoms with Gasteiger partial charge in [0.1, 0.15) is 12.2 Å². The number of aromatic carboxylic acids is 1. The van der Waals surface area contributed by atoms with E-state index in [2.05, 4.69) is 15.5 Å². The molecule has 8 nitrogen and oxygen atoms in total. The molecule has 0 radical (unpaired) electrons. The van der Waals surface area contributed by atoms with Gasteiger partial charge in [-0.25, -0.2) is 9.48 Å². The molecule has 2 aromatic heterocycles. The van der Waals surface area contributed by atoms with E-state index in [9.17, 15) is 9.59 Å². The monoisotopic (exact) mass is 325 g/mol. The zero-order valence-corrected chi connectivity index (χ0v) is 12.7. The van der Waals surface area contributed by atoms with Crippen molar-refractivity contribution in [2.75, 3.05) is 5.32 Å². The van der Waals surface area contributed by atoms with Crippen molar-refractivity contribution in [2.45, 2.75) is 13.1 Å². The number of nitrogens with zero attached hydrogens (tertiary/aromatic N) is 4. The molecule has 0 saturated carbocycles. The Bertz CT molecular complexity index is 854. The number of carboxylic acids is 1. The molecule has 1 amide bonds. The summed E-state index contributed by atoms with van der Waals surface area (Å²) < 4.78 is 2.93. The average Bonchev–Trinajstić information content (AvgIpc) is 3.19. The molecule has 0 fully saturated rings. The Morgan fingerprint density at radius 2 is 2.00 bits per heavy atom. The van der Waals surface area contributed by atoms with Gasteiger partial charge in [-0.2, -0.15) is 10.2 Å². The second-order valence-electron chi connectivity index (χ2n) is 5.13. The van der Waals surface area contributed by atoms with Crippen LogP contribution in [0.3, 0.4) is 0 Å². The van der Waals surface area contributed by atoms with Gasteiger partial charge in [0.25, 0.3) is 0 Å². The SMILES string of the molecule is O=C(Cn1nccc1C(=O)O)Nc1cccc(Cn2cccn2)c1. The van der Waals surface area contributed by atoms with E-state index in [1.807, 2.05) is 30.5 Å². The first kappa shape index (κ1) is 15.5. The average molecular weight is 325 g/mol. The Labute approximate surface area is 137 Å². The highest BCUT2D eigenvalue weighted by atomic mass is 16.4. The van der Waals surface area contributed by atoms with Gasteiger partial charge in [-0.3, -0.25) is 9.48 Å². The molecule has 24 heavy (non-hydrogen) atoms. The third-order valence-electron chi connectivity index (χ3n) is 3.34. The van der Waals surface area contributed by atoms with E-state index >= 15 is 0 Å². The molecule has 0 unspecified atom stereocenters. The summed E-state index contributed by atoms with van der Waals surface area (Å²) in [5.74, 6) is -1.47. The van der Waals surface area contributed by atoms with E-state index < -0.39 is 5.97 Å². The Morgan fingerprint density at radius 1 is 1.12 bits per heavy atom. The van der Waals surface area contributed by atoms with Gasteiger partial charge in [-0.15, -0.1) is 0 Å². The number of carboxylic acid groups (broad SMARTS) is 1. The lowest BCUT2D eigenvalue weighted by molar-refractivity contribution is -0.116. The van der Waals surface area contributed by atoms with E-state index in [0.29, 0.717) is 12.2 Å². The summed E-state index contributed by atoms with van der Waals surface area (Å²) in [6.45, 7) is 0.428. The molecule has 3 rings (SSSR count). The van der Waals surface area contributed by atoms with Crippen molar-refractivity contribution in [1.29, 1.82) is 0 Å². The van der Waals surface area contributed by atoms with Crippen LogP contribution in [0.2, 0.25) is 0 Å². The number of hydrogen-bond donors (Lipinski definition) is 2. The Balaban J connectivity index is 1.66. The fourth-order valence-corrected chi connectivity index (χ4v) is 2.31. The van der Waals surface area contributed by atoms with E-state index in [1.165, 1.54) is 12.3 Å². The first-order chi connectivity index (χ1) is 11.6. The second kappa shape index (κ2) is 6.78. The van der Waals surface area contributed by atoms with Crippen molar-refractivity contribution in [3.8, 4) is 0 Å². The zero-order valence-electron chi connectivity index (χ0n) is 12.7. The number of hydrogen-bond acceptors (Lipinski definition) is 4. The Morgan fingerprint density at radius 3 is 2.75 bits per heavy atom. The van der Waals surface area contributed by atoms with Gasteiger partial charge in [0.15, 0.2) is 0 Å². The normalized spacial score (nSPS) is 10.5. The Kier molecular flexibility index (Phi) is 4.37. The summed E-state index contributed by atoms with van der Waals surface area (Å²) in [4.78, 5) is 23.1. The van der Waals surface area contributed by atoms with Crippen molar-refractivity contribution in [3.05, 3.63) is 66.2 Å². The number of rotatable bonds is 6. The molecule has 0 saturated heterocycles. The second-order valence-corrected chi connectivity index (χ2v) is 5.13. The van der Waals surface area contributed by atoms with Gasteiger partial charge in [0, 0.05) is 24.3 Å². The molecule has 0 atom stereocenters. The maximum absolute atomic E-state index is 12.1. The van der Waals surface area contributed by atoms with Crippen LogP contribution < -0.4 is 5.32 Å². The summed E-state index contributed by atoms with van der Waals surface area (Å²) in [7, 11) is 0. The molecule has 0 aliphatic carbocycles. The van der Waals surface area contributed by atoms with E-state index in [4.69, 9.17) is 5.11 Å². The van der Waals surface area contributed by atoms with Gasteiger partial charge in [-0.1, -0.05) is 12.1 Å². The maximum atomic E-state index is 12.1. The summed E-state index contributed by atoms with van der Waals surface area (Å²) in [6, 6.07) is 10.6. The third-order valence-corrected chi connectivity index (χ3v) is 3.34. The number of nitrogens with one attached hydrogen (secondary N) is 1. The molecule has 0 aliphatic heterocycles. The largest absolute Gasteiger partial charge is 0.477 e. The molecule has 8 heteroatoms. The smallest absolute Gasteiger partial charge is 0.354 e. The summed E-state index contributed by atoms with van der Waals surface area (Å²) in [6.07, 6.45) is 4.91. The number of carbonyl (C=O) groups is 2. The molecule has 1 aromatic carbocycles. The number of aromatic nitrogens is 4. The highest BCUT2D eigenvalue weighted by Gasteiger charge is 2.13.